The first-order chi connectivity index (χ1) is 6.22. The summed E-state index contributed by atoms with van der Waals surface area (Å²) in [7, 11) is 0. The maximum Gasteiger partial charge on any atom is 0.405 e. The smallest absolute Gasteiger partial charge is 0.329 e. The normalized spacial score (nSPS) is 13.2. The Labute approximate surface area is 82.8 Å². The molecule has 0 radical (unpaired) electrons. The van der Waals surface area contributed by atoms with Gasteiger partial charge >= 0.3 is 12.2 Å². The molecule has 1 atom stereocenters. The molecule has 8 heteroatoms. The lowest BCUT2D eigenvalue weighted by atomic mass is 10.4. The monoisotopic (exact) mass is 232 g/mol. The predicted octanol–water partition coefficient (Wildman–Crippen LogP) is 1.00. The van der Waals surface area contributed by atoms with Crippen LogP contribution in [0.25, 0.3) is 0 Å². The number of amides is 3. The summed E-state index contributed by atoms with van der Waals surface area (Å²) >= 11 is 5.25. The van der Waals surface area contributed by atoms with Crippen LogP contribution in [0.5, 0.6) is 0 Å². The van der Waals surface area contributed by atoms with Crippen LogP contribution in [0.2, 0.25) is 0 Å². The van der Waals surface area contributed by atoms with E-state index in [-0.39, 0.29) is 0 Å². The average Bonchev–Trinajstić information content (AvgIpc) is 1.99. The van der Waals surface area contributed by atoms with E-state index in [1.54, 1.807) is 5.32 Å². The van der Waals surface area contributed by atoms with E-state index in [0.717, 1.165) is 0 Å². The third-order valence-corrected chi connectivity index (χ3v) is 1.25. The average molecular weight is 233 g/mol. The maximum atomic E-state index is 11.6. The summed E-state index contributed by atoms with van der Waals surface area (Å²) < 4.78 is 34.7. The number of rotatable bonds is 2. The number of carbonyl (C=O) groups excluding carboxylic acids is 2. The van der Waals surface area contributed by atoms with Gasteiger partial charge in [-0.15, -0.1) is 11.6 Å². The van der Waals surface area contributed by atoms with Gasteiger partial charge in [-0.1, -0.05) is 0 Å². The summed E-state index contributed by atoms with van der Waals surface area (Å²) in [5.74, 6) is -0.855. The topological polar surface area (TPSA) is 58.2 Å². The zero-order valence-electron chi connectivity index (χ0n) is 7.11. The molecule has 0 aliphatic heterocycles. The van der Waals surface area contributed by atoms with Crippen molar-refractivity contribution in [2.24, 2.45) is 0 Å². The van der Waals surface area contributed by atoms with Gasteiger partial charge in [-0.2, -0.15) is 13.2 Å². The molecular formula is C6H8ClF3N2O2. The molecule has 0 aromatic heterocycles. The number of alkyl halides is 4. The van der Waals surface area contributed by atoms with E-state index >= 15 is 0 Å². The molecular weight excluding hydrogens is 225 g/mol. The molecule has 0 unspecified atom stereocenters. The molecule has 14 heavy (non-hydrogen) atoms. The molecule has 0 spiro atoms. The first kappa shape index (κ1) is 13.0. The second-order valence-corrected chi connectivity index (χ2v) is 3.06. The minimum atomic E-state index is -4.51. The van der Waals surface area contributed by atoms with Crippen LogP contribution in [0.1, 0.15) is 6.92 Å². The second-order valence-electron chi connectivity index (χ2n) is 2.40. The molecule has 0 fully saturated rings. The largest absolute Gasteiger partial charge is 0.405 e. The second kappa shape index (κ2) is 5.04. The van der Waals surface area contributed by atoms with Gasteiger partial charge in [0, 0.05) is 0 Å². The Morgan fingerprint density at radius 3 is 2.29 bits per heavy atom. The molecule has 4 nitrogen and oxygen atoms in total. The number of hydrogen-bond donors (Lipinski definition) is 2. The molecule has 82 valence electrons. The van der Waals surface area contributed by atoms with Crippen molar-refractivity contribution in [1.29, 1.82) is 0 Å². The molecule has 0 saturated heterocycles. The van der Waals surface area contributed by atoms with Gasteiger partial charge in [0.1, 0.15) is 11.9 Å². The number of imide groups is 1. The van der Waals surface area contributed by atoms with E-state index in [9.17, 15) is 22.8 Å². The molecule has 3 amide bonds. The first-order valence-corrected chi connectivity index (χ1v) is 3.95. The van der Waals surface area contributed by atoms with Crippen LogP contribution >= 0.6 is 11.6 Å². The zero-order valence-corrected chi connectivity index (χ0v) is 7.87. The van der Waals surface area contributed by atoms with Crippen molar-refractivity contribution >= 4 is 23.5 Å². The number of halogens is 4. The Morgan fingerprint density at radius 1 is 1.43 bits per heavy atom. The Hall–Kier alpha value is -0.980. The van der Waals surface area contributed by atoms with Gasteiger partial charge in [0.15, 0.2) is 0 Å². The molecule has 0 aromatic carbocycles. The molecule has 2 N–H and O–H groups in total. The lowest BCUT2D eigenvalue weighted by Crippen LogP contribution is -2.45. The minimum Gasteiger partial charge on any atom is -0.329 e. The van der Waals surface area contributed by atoms with Crippen molar-refractivity contribution in [3.05, 3.63) is 0 Å². The fraction of sp³-hybridized carbons (Fsp3) is 0.667. The summed E-state index contributed by atoms with van der Waals surface area (Å²) in [5, 5.41) is 2.10. The third-order valence-electron chi connectivity index (χ3n) is 1.05. The van der Waals surface area contributed by atoms with Gasteiger partial charge in [-0.3, -0.25) is 10.1 Å². The van der Waals surface area contributed by atoms with Crippen LogP contribution in [0.15, 0.2) is 0 Å². The predicted molar refractivity (Wildman–Crippen MR) is 42.9 cm³/mol. The van der Waals surface area contributed by atoms with Crippen molar-refractivity contribution < 1.29 is 22.8 Å². The molecule has 0 heterocycles. The Balaban J connectivity index is 3.83. The molecule has 0 aliphatic rings. The number of hydrogen-bond acceptors (Lipinski definition) is 2. The van der Waals surface area contributed by atoms with E-state index in [4.69, 9.17) is 11.6 Å². The Bertz CT molecular complexity index is 230. The van der Waals surface area contributed by atoms with Gasteiger partial charge < -0.3 is 5.32 Å². The summed E-state index contributed by atoms with van der Waals surface area (Å²) in [4.78, 5) is 21.3. The summed E-state index contributed by atoms with van der Waals surface area (Å²) in [6, 6.07) is -1.22. The van der Waals surface area contributed by atoms with Crippen LogP contribution < -0.4 is 10.6 Å². The zero-order chi connectivity index (χ0) is 11.4. The molecule has 0 saturated carbocycles. The number of carbonyl (C=O) groups is 2. The number of nitrogens with one attached hydrogen (secondary N) is 2. The first-order valence-electron chi connectivity index (χ1n) is 3.52. The fourth-order valence-electron chi connectivity index (χ4n) is 0.436. The molecule has 0 bridgehead atoms. The van der Waals surface area contributed by atoms with E-state index < -0.39 is 30.0 Å². The van der Waals surface area contributed by atoms with Crippen LogP contribution in [0.4, 0.5) is 18.0 Å². The Kier molecular flexibility index (Phi) is 4.69. The van der Waals surface area contributed by atoms with Crippen LogP contribution in [-0.2, 0) is 4.79 Å². The van der Waals surface area contributed by atoms with Crippen molar-refractivity contribution in [2.45, 2.75) is 18.5 Å². The van der Waals surface area contributed by atoms with Gasteiger partial charge in [0.05, 0.1) is 0 Å². The highest BCUT2D eigenvalue weighted by molar-refractivity contribution is 6.31. The Morgan fingerprint density at radius 2 is 1.93 bits per heavy atom. The summed E-state index contributed by atoms with van der Waals surface area (Å²) in [6.07, 6.45) is -4.51. The van der Waals surface area contributed by atoms with E-state index in [0.29, 0.717) is 0 Å². The number of urea groups is 1. The standard InChI is InChI=1S/C6H8ClF3N2O2/c1-3(7)4(13)12-5(14)11-2-6(8,9)10/h3H,2H2,1H3,(H2,11,12,13,14)/t3-/m0/s1. The van der Waals surface area contributed by atoms with Crippen LogP contribution in [0, 0.1) is 0 Å². The summed E-state index contributed by atoms with van der Waals surface area (Å²) in [5.41, 5.74) is 0. The van der Waals surface area contributed by atoms with Crippen molar-refractivity contribution in [3.63, 3.8) is 0 Å². The third kappa shape index (κ3) is 6.53. The molecule has 0 aliphatic carbocycles. The summed E-state index contributed by atoms with van der Waals surface area (Å²) in [6.45, 7) is -0.212. The maximum absolute atomic E-state index is 11.6. The minimum absolute atomic E-state index is 0.855. The van der Waals surface area contributed by atoms with Gasteiger partial charge in [-0.25, -0.2) is 4.79 Å². The van der Waals surface area contributed by atoms with E-state index in [1.807, 2.05) is 0 Å². The fourth-order valence-corrected chi connectivity index (χ4v) is 0.491. The van der Waals surface area contributed by atoms with Crippen molar-refractivity contribution in [3.8, 4) is 0 Å². The SMILES string of the molecule is C[C@H](Cl)C(=O)NC(=O)NCC(F)(F)F. The molecule has 0 aromatic rings. The highest BCUT2D eigenvalue weighted by Gasteiger charge is 2.28. The van der Waals surface area contributed by atoms with Crippen molar-refractivity contribution in [1.82, 2.24) is 10.6 Å². The lowest BCUT2D eigenvalue weighted by molar-refractivity contribution is -0.124. The van der Waals surface area contributed by atoms with Gasteiger partial charge in [0.2, 0.25) is 5.91 Å². The van der Waals surface area contributed by atoms with E-state index in [1.165, 1.54) is 12.2 Å². The highest BCUT2D eigenvalue weighted by atomic mass is 35.5. The van der Waals surface area contributed by atoms with Gasteiger partial charge in [0.25, 0.3) is 0 Å². The van der Waals surface area contributed by atoms with Crippen LogP contribution in [0.3, 0.4) is 0 Å². The lowest BCUT2D eigenvalue weighted by Gasteiger charge is -2.09. The van der Waals surface area contributed by atoms with Gasteiger partial charge in [-0.05, 0) is 6.92 Å². The molecule has 0 rings (SSSR count). The van der Waals surface area contributed by atoms with Crippen molar-refractivity contribution in [2.75, 3.05) is 6.54 Å². The van der Waals surface area contributed by atoms with E-state index in [2.05, 4.69) is 0 Å². The van der Waals surface area contributed by atoms with Crippen LogP contribution in [-0.4, -0.2) is 30.0 Å². The highest BCUT2D eigenvalue weighted by Crippen LogP contribution is 2.11. The quantitative estimate of drug-likeness (QED) is 0.698.